The summed E-state index contributed by atoms with van der Waals surface area (Å²) in [6, 6.07) is 5.53. The van der Waals surface area contributed by atoms with Crippen LogP contribution in [-0.2, 0) is 6.54 Å². The van der Waals surface area contributed by atoms with Gasteiger partial charge >= 0.3 is 0 Å². The van der Waals surface area contributed by atoms with Crippen LogP contribution in [0.5, 0.6) is 0 Å². The minimum absolute atomic E-state index is 0.0153. The van der Waals surface area contributed by atoms with E-state index in [1.54, 1.807) is 6.07 Å². The molecule has 80 valence electrons. The van der Waals surface area contributed by atoms with Crippen LogP contribution in [0.25, 0.3) is 0 Å². The normalized spacial score (nSPS) is 33.5. The monoisotopic (exact) mass is 224 g/mol. The van der Waals surface area contributed by atoms with Gasteiger partial charge in [0.25, 0.3) is 5.56 Å². The predicted octanol–water partition coefficient (Wildman–Crippen LogP) is 1.12. The lowest BCUT2D eigenvalue weighted by atomic mass is 9.84. The second-order valence-electron chi connectivity index (χ2n) is 4.40. The largest absolute Gasteiger partial charge is 0.312 e. The van der Waals surface area contributed by atoms with Gasteiger partial charge < -0.3 is 9.88 Å². The molecule has 1 unspecified atom stereocenters. The number of pyridine rings is 1. The molecule has 0 amide bonds. The lowest BCUT2D eigenvalue weighted by Gasteiger charge is -2.40. The molecule has 3 heterocycles. The number of nitrogens with zero attached hydrogens (tertiary/aromatic N) is 1. The second-order valence-corrected chi connectivity index (χ2v) is 4.87. The molecule has 0 radical (unpaired) electrons. The molecule has 3 nitrogen and oxygen atoms in total. The number of aromatic nitrogens is 1. The molecule has 0 saturated carbocycles. The van der Waals surface area contributed by atoms with Gasteiger partial charge in [-0.05, 0) is 12.5 Å². The fraction of sp³-hybridized carbons (Fsp3) is 0.545. The van der Waals surface area contributed by atoms with Gasteiger partial charge in [-0.25, -0.2) is 0 Å². The van der Waals surface area contributed by atoms with Gasteiger partial charge in [-0.3, -0.25) is 4.79 Å². The zero-order chi connectivity index (χ0) is 10.4. The van der Waals surface area contributed by atoms with Crippen LogP contribution in [0.15, 0.2) is 23.0 Å². The van der Waals surface area contributed by atoms with Crippen molar-refractivity contribution in [1.29, 1.82) is 0 Å². The van der Waals surface area contributed by atoms with E-state index in [0.29, 0.717) is 11.8 Å². The summed E-state index contributed by atoms with van der Waals surface area (Å²) >= 11 is 6.17. The third-order valence-electron chi connectivity index (χ3n) is 3.48. The van der Waals surface area contributed by atoms with Crippen LogP contribution >= 0.6 is 11.6 Å². The first kappa shape index (κ1) is 9.43. The zero-order valence-electron chi connectivity index (χ0n) is 8.32. The minimum Gasteiger partial charge on any atom is -0.312 e. The molecule has 3 atom stereocenters. The minimum atomic E-state index is 0.0153. The average Bonchev–Trinajstić information content (AvgIpc) is 2.25. The molecule has 1 N–H and O–H groups in total. The number of hydrogen-bond donors (Lipinski definition) is 1. The van der Waals surface area contributed by atoms with Crippen molar-refractivity contribution in [2.24, 2.45) is 5.92 Å². The summed E-state index contributed by atoms with van der Waals surface area (Å²) in [5, 5.41) is 3.29. The van der Waals surface area contributed by atoms with Crippen molar-refractivity contribution < 1.29 is 0 Å². The molecule has 0 spiro atoms. The summed E-state index contributed by atoms with van der Waals surface area (Å²) in [6.45, 7) is 1.64. The van der Waals surface area contributed by atoms with Crippen molar-refractivity contribution >= 4 is 11.6 Å². The number of hydrogen-bond acceptors (Lipinski definition) is 2. The number of piperidine rings is 1. The van der Waals surface area contributed by atoms with Crippen LogP contribution in [0.3, 0.4) is 0 Å². The first-order valence-electron chi connectivity index (χ1n) is 5.33. The molecule has 4 heteroatoms. The maximum atomic E-state index is 11.7. The Morgan fingerprint density at radius 3 is 3.20 bits per heavy atom. The van der Waals surface area contributed by atoms with Crippen molar-refractivity contribution in [3.63, 3.8) is 0 Å². The SMILES string of the molecule is O=c1cccc2n1C[C@H]1C[C@@H]2CNC1Cl. The van der Waals surface area contributed by atoms with E-state index < -0.39 is 0 Å². The topological polar surface area (TPSA) is 34.0 Å². The van der Waals surface area contributed by atoms with Crippen LogP contribution < -0.4 is 10.9 Å². The molecular weight excluding hydrogens is 212 g/mol. The predicted molar refractivity (Wildman–Crippen MR) is 59.2 cm³/mol. The molecule has 1 aromatic heterocycles. The lowest BCUT2D eigenvalue weighted by Crippen LogP contribution is -2.48. The summed E-state index contributed by atoms with van der Waals surface area (Å²) in [6.07, 6.45) is 1.10. The molecule has 1 saturated heterocycles. The van der Waals surface area contributed by atoms with E-state index in [1.165, 1.54) is 0 Å². The highest BCUT2D eigenvalue weighted by atomic mass is 35.5. The Balaban J connectivity index is 2.11. The third kappa shape index (κ3) is 1.42. The fourth-order valence-electron chi connectivity index (χ4n) is 2.70. The van der Waals surface area contributed by atoms with Crippen LogP contribution in [-0.4, -0.2) is 16.6 Å². The molecule has 1 aromatic rings. The standard InChI is InChI=1S/C11H13ClN2O/c12-11-8-4-7(5-13-11)9-2-1-3-10(15)14(9)6-8/h1-3,7-8,11,13H,4-6H2/t7-,8-,11?/m1/s1. The Hall–Kier alpha value is -0.800. The van der Waals surface area contributed by atoms with E-state index >= 15 is 0 Å². The van der Waals surface area contributed by atoms with Crippen LogP contribution in [0.1, 0.15) is 18.0 Å². The molecule has 2 aliphatic rings. The molecule has 3 rings (SSSR count). The quantitative estimate of drug-likeness (QED) is 0.529. The van der Waals surface area contributed by atoms with Crippen LogP contribution in [0.4, 0.5) is 0 Å². The van der Waals surface area contributed by atoms with E-state index in [0.717, 1.165) is 25.2 Å². The fourth-order valence-corrected chi connectivity index (χ4v) is 2.98. The number of fused-ring (bicyclic) bond motifs is 4. The first-order valence-corrected chi connectivity index (χ1v) is 5.76. The highest BCUT2D eigenvalue weighted by Gasteiger charge is 2.35. The van der Waals surface area contributed by atoms with Crippen molar-refractivity contribution in [2.75, 3.05) is 6.54 Å². The summed E-state index contributed by atoms with van der Waals surface area (Å²) in [5.74, 6) is 0.839. The Bertz CT molecular complexity index is 442. The van der Waals surface area contributed by atoms with E-state index in [1.807, 2.05) is 10.6 Å². The second kappa shape index (κ2) is 3.35. The van der Waals surface area contributed by atoms with Crippen molar-refractivity contribution in [3.8, 4) is 0 Å². The van der Waals surface area contributed by atoms with E-state index in [9.17, 15) is 4.79 Å². The van der Waals surface area contributed by atoms with Crippen molar-refractivity contribution in [3.05, 3.63) is 34.2 Å². The maximum Gasteiger partial charge on any atom is 0.250 e. The molecule has 0 aromatic carbocycles. The van der Waals surface area contributed by atoms with Crippen LogP contribution in [0.2, 0.25) is 0 Å². The maximum absolute atomic E-state index is 11.7. The Morgan fingerprint density at radius 1 is 1.47 bits per heavy atom. The molecular formula is C11H13ClN2O. The van der Waals surface area contributed by atoms with Gasteiger partial charge in [0.1, 0.15) is 0 Å². The first-order chi connectivity index (χ1) is 7.25. The molecule has 15 heavy (non-hydrogen) atoms. The van der Waals surface area contributed by atoms with Gasteiger partial charge in [-0.15, -0.1) is 11.6 Å². The third-order valence-corrected chi connectivity index (χ3v) is 3.99. The smallest absolute Gasteiger partial charge is 0.250 e. The van der Waals surface area contributed by atoms with Crippen LogP contribution in [0, 0.1) is 5.92 Å². The van der Waals surface area contributed by atoms with E-state index in [2.05, 4.69) is 11.4 Å². The Labute approximate surface area is 93.1 Å². The summed E-state index contributed by atoms with van der Waals surface area (Å²) < 4.78 is 1.88. The summed E-state index contributed by atoms with van der Waals surface area (Å²) in [4.78, 5) is 11.7. The Morgan fingerprint density at radius 2 is 2.33 bits per heavy atom. The van der Waals surface area contributed by atoms with E-state index in [4.69, 9.17) is 11.6 Å². The molecule has 2 bridgehead atoms. The number of rotatable bonds is 0. The van der Waals surface area contributed by atoms with Gasteiger partial charge in [-0.2, -0.15) is 0 Å². The van der Waals surface area contributed by atoms with Crippen molar-refractivity contribution in [1.82, 2.24) is 9.88 Å². The highest BCUT2D eigenvalue weighted by molar-refractivity contribution is 6.20. The average molecular weight is 225 g/mol. The Kier molecular flexibility index (Phi) is 2.11. The van der Waals surface area contributed by atoms with Gasteiger partial charge in [0, 0.05) is 36.7 Å². The number of halogens is 1. The van der Waals surface area contributed by atoms with E-state index in [-0.39, 0.29) is 11.1 Å². The molecule has 2 aliphatic heterocycles. The molecule has 0 aliphatic carbocycles. The van der Waals surface area contributed by atoms with Gasteiger partial charge in [0.15, 0.2) is 0 Å². The van der Waals surface area contributed by atoms with Gasteiger partial charge in [0.05, 0.1) is 5.50 Å². The lowest BCUT2D eigenvalue weighted by molar-refractivity contribution is 0.236. The summed E-state index contributed by atoms with van der Waals surface area (Å²) in [5.41, 5.74) is 1.28. The van der Waals surface area contributed by atoms with Gasteiger partial charge in [-0.1, -0.05) is 6.07 Å². The highest BCUT2D eigenvalue weighted by Crippen LogP contribution is 2.35. The molecule has 1 fully saturated rings. The van der Waals surface area contributed by atoms with Crippen molar-refractivity contribution in [2.45, 2.75) is 24.4 Å². The van der Waals surface area contributed by atoms with Gasteiger partial charge in [0.2, 0.25) is 0 Å². The number of nitrogens with one attached hydrogen (secondary N) is 1. The number of alkyl halides is 1. The summed E-state index contributed by atoms with van der Waals surface area (Å²) in [7, 11) is 0. The zero-order valence-corrected chi connectivity index (χ0v) is 9.07.